The van der Waals surface area contributed by atoms with Gasteiger partial charge in [-0.3, -0.25) is 4.90 Å². The first-order valence-electron chi connectivity index (χ1n) is 9.50. The van der Waals surface area contributed by atoms with E-state index in [1.54, 1.807) is 6.07 Å². The summed E-state index contributed by atoms with van der Waals surface area (Å²) in [6, 6.07) is 14.2. The van der Waals surface area contributed by atoms with Gasteiger partial charge in [0.05, 0.1) is 4.90 Å². The number of hydrogen-bond acceptors (Lipinski definition) is 3. The molecule has 2 aliphatic rings. The third-order valence-corrected chi connectivity index (χ3v) is 7.45. The lowest BCUT2D eigenvalue weighted by atomic mass is 9.92. The number of para-hydroxylation sites is 1. The number of rotatable bonds is 3. The van der Waals surface area contributed by atoms with Crippen molar-refractivity contribution in [3.63, 3.8) is 0 Å². The second-order valence-corrected chi connectivity index (χ2v) is 9.29. The molecule has 2 N–H and O–H groups in total. The average molecular weight is 382 g/mol. The zero-order valence-electron chi connectivity index (χ0n) is 15.1. The maximum atomic E-state index is 12.3. The molecule has 1 unspecified atom stereocenters. The minimum absolute atomic E-state index is 0.401. The van der Waals surface area contributed by atoms with Crippen molar-refractivity contribution in [2.75, 3.05) is 19.6 Å². The molecule has 3 aromatic rings. The Labute approximate surface area is 159 Å². The number of aromatic nitrogens is 1. The number of fused-ring (bicyclic) bond motifs is 2. The van der Waals surface area contributed by atoms with E-state index in [1.807, 2.05) is 6.07 Å². The van der Waals surface area contributed by atoms with Crippen LogP contribution in [0.25, 0.3) is 10.9 Å². The van der Waals surface area contributed by atoms with Crippen molar-refractivity contribution in [3.8, 4) is 0 Å². The van der Waals surface area contributed by atoms with Gasteiger partial charge in [0.15, 0.2) is 0 Å². The van der Waals surface area contributed by atoms with E-state index in [1.165, 1.54) is 22.0 Å². The van der Waals surface area contributed by atoms with Gasteiger partial charge in [0.2, 0.25) is 10.0 Å². The van der Waals surface area contributed by atoms with Gasteiger partial charge in [0, 0.05) is 36.7 Å². The normalized spacial score (nSPS) is 22.1. The topological polar surface area (TPSA) is 65.2 Å². The number of sulfonamides is 1. The summed E-state index contributed by atoms with van der Waals surface area (Å²) in [6.07, 6.45) is 3.97. The van der Waals surface area contributed by atoms with E-state index in [0.717, 1.165) is 38.0 Å². The predicted octanol–water partition coefficient (Wildman–Crippen LogP) is 2.99. The highest BCUT2D eigenvalue weighted by Crippen LogP contribution is 2.35. The van der Waals surface area contributed by atoms with E-state index in [2.05, 4.69) is 51.1 Å². The summed E-state index contributed by atoms with van der Waals surface area (Å²) < 4.78 is 27.3. The number of benzene rings is 2. The molecule has 1 fully saturated rings. The van der Waals surface area contributed by atoms with Crippen LogP contribution in [0.15, 0.2) is 53.6 Å². The van der Waals surface area contributed by atoms with Crippen LogP contribution in [-0.2, 0) is 23.0 Å². The molecule has 27 heavy (non-hydrogen) atoms. The molecule has 0 saturated carbocycles. The molecule has 1 atom stereocenters. The number of likely N-dealkylation sites (tertiary alicyclic amines) is 1. The van der Waals surface area contributed by atoms with Gasteiger partial charge in [0.25, 0.3) is 0 Å². The zero-order chi connectivity index (χ0) is 18.4. The summed E-state index contributed by atoms with van der Waals surface area (Å²) in [6.45, 7) is 3.44. The van der Waals surface area contributed by atoms with Gasteiger partial charge in [-0.05, 0) is 54.1 Å². The van der Waals surface area contributed by atoms with Crippen molar-refractivity contribution in [2.45, 2.75) is 30.2 Å². The number of H-pyrrole nitrogens is 1. The summed E-state index contributed by atoms with van der Waals surface area (Å²) in [7, 11) is -3.34. The van der Waals surface area contributed by atoms with Crippen LogP contribution in [0, 0.1) is 0 Å². The van der Waals surface area contributed by atoms with Crippen LogP contribution in [0.2, 0.25) is 0 Å². The Morgan fingerprint density at radius 3 is 2.93 bits per heavy atom. The third kappa shape index (κ3) is 2.98. The third-order valence-electron chi connectivity index (χ3n) is 5.91. The van der Waals surface area contributed by atoms with E-state index in [9.17, 15) is 8.42 Å². The quantitative estimate of drug-likeness (QED) is 0.733. The predicted molar refractivity (Wildman–Crippen MR) is 106 cm³/mol. The maximum absolute atomic E-state index is 12.3. The molecule has 0 radical (unpaired) electrons. The van der Waals surface area contributed by atoms with Crippen molar-refractivity contribution in [3.05, 3.63) is 65.4 Å². The second kappa shape index (κ2) is 6.48. The Morgan fingerprint density at radius 2 is 2.00 bits per heavy atom. The van der Waals surface area contributed by atoms with Gasteiger partial charge >= 0.3 is 0 Å². The Balaban J connectivity index is 1.39. The lowest BCUT2D eigenvalue weighted by Crippen LogP contribution is -2.32. The highest BCUT2D eigenvalue weighted by atomic mass is 32.2. The van der Waals surface area contributed by atoms with Crippen LogP contribution >= 0.6 is 0 Å². The van der Waals surface area contributed by atoms with Crippen LogP contribution in [0.4, 0.5) is 0 Å². The molecule has 0 aliphatic carbocycles. The number of nitrogens with zero attached hydrogens (tertiary/aromatic N) is 1. The van der Waals surface area contributed by atoms with Gasteiger partial charge in [-0.15, -0.1) is 0 Å². The lowest BCUT2D eigenvalue weighted by Gasteiger charge is -2.23. The van der Waals surface area contributed by atoms with Crippen LogP contribution in [0.5, 0.6) is 0 Å². The Bertz CT molecular complexity index is 1100. The van der Waals surface area contributed by atoms with Gasteiger partial charge in [-0.25, -0.2) is 13.1 Å². The van der Waals surface area contributed by atoms with E-state index in [-0.39, 0.29) is 0 Å². The van der Waals surface area contributed by atoms with Crippen molar-refractivity contribution in [1.82, 2.24) is 14.6 Å². The van der Waals surface area contributed by atoms with Gasteiger partial charge < -0.3 is 4.98 Å². The van der Waals surface area contributed by atoms with Crippen LogP contribution in [-0.4, -0.2) is 37.9 Å². The molecule has 5 rings (SSSR count). The van der Waals surface area contributed by atoms with Crippen LogP contribution in [0.1, 0.15) is 29.0 Å². The fraction of sp³-hybridized carbons (Fsp3) is 0.333. The molecule has 2 aliphatic heterocycles. The molecule has 1 aromatic heterocycles. The van der Waals surface area contributed by atoms with Crippen LogP contribution < -0.4 is 4.72 Å². The second-order valence-electron chi connectivity index (χ2n) is 7.55. The molecular formula is C21H23N3O2S. The monoisotopic (exact) mass is 381 g/mol. The summed E-state index contributed by atoms with van der Waals surface area (Å²) >= 11 is 0. The average Bonchev–Trinajstić information content (AvgIpc) is 3.29. The lowest BCUT2D eigenvalue weighted by molar-refractivity contribution is 0.328. The summed E-state index contributed by atoms with van der Waals surface area (Å²) in [5, 5.41) is 1.29. The van der Waals surface area contributed by atoms with Gasteiger partial charge in [-0.1, -0.05) is 30.3 Å². The van der Waals surface area contributed by atoms with Crippen molar-refractivity contribution < 1.29 is 8.42 Å². The van der Waals surface area contributed by atoms with Gasteiger partial charge in [0.1, 0.15) is 0 Å². The number of hydrogen-bond donors (Lipinski definition) is 2. The summed E-state index contributed by atoms with van der Waals surface area (Å²) in [5.74, 6) is 0.401. The molecular weight excluding hydrogens is 358 g/mol. The van der Waals surface area contributed by atoms with Crippen molar-refractivity contribution in [1.29, 1.82) is 0 Å². The van der Waals surface area contributed by atoms with Crippen LogP contribution in [0.3, 0.4) is 0 Å². The number of nitrogens with one attached hydrogen (secondary N) is 2. The first-order chi connectivity index (χ1) is 13.1. The molecule has 0 spiro atoms. The fourth-order valence-electron chi connectivity index (χ4n) is 4.61. The molecule has 0 amide bonds. The maximum Gasteiger partial charge on any atom is 0.240 e. The Kier molecular flexibility index (Phi) is 4.07. The van der Waals surface area contributed by atoms with Crippen molar-refractivity contribution in [2.24, 2.45) is 0 Å². The minimum atomic E-state index is -3.34. The molecule has 2 aromatic carbocycles. The van der Waals surface area contributed by atoms with Gasteiger partial charge in [-0.2, -0.15) is 0 Å². The van der Waals surface area contributed by atoms with E-state index in [0.29, 0.717) is 17.4 Å². The molecule has 3 heterocycles. The smallest absolute Gasteiger partial charge is 0.240 e. The summed E-state index contributed by atoms with van der Waals surface area (Å²) in [4.78, 5) is 6.31. The van der Waals surface area contributed by atoms with E-state index in [4.69, 9.17) is 0 Å². The minimum Gasteiger partial charge on any atom is -0.361 e. The highest BCUT2D eigenvalue weighted by molar-refractivity contribution is 7.89. The highest BCUT2D eigenvalue weighted by Gasteiger charge is 2.30. The first kappa shape index (κ1) is 17.0. The molecule has 0 bridgehead atoms. The van der Waals surface area contributed by atoms with Crippen molar-refractivity contribution >= 4 is 20.9 Å². The Hall–Kier alpha value is -2.15. The summed E-state index contributed by atoms with van der Waals surface area (Å²) in [5.41, 5.74) is 4.75. The standard InChI is InChI=1S/C21H23N3O2S/c25-27(26)21-7-3-5-17(19(21)8-10-23-27)15-9-11-24(13-15)14-16-12-22-20-6-2-1-4-18(16)20/h1-7,12,15,22-23H,8-11,13-14H2. The Morgan fingerprint density at radius 1 is 1.11 bits per heavy atom. The van der Waals surface area contributed by atoms with E-state index >= 15 is 0 Å². The molecule has 6 heteroatoms. The molecule has 1 saturated heterocycles. The first-order valence-corrected chi connectivity index (χ1v) is 11.0. The number of aromatic amines is 1. The zero-order valence-corrected chi connectivity index (χ0v) is 15.9. The fourth-order valence-corrected chi connectivity index (χ4v) is 5.93. The SMILES string of the molecule is O=S1(=O)NCCc2c(C3CCN(Cc4c[nH]c5ccccc45)C3)cccc21. The molecule has 140 valence electrons. The molecule has 5 nitrogen and oxygen atoms in total. The largest absolute Gasteiger partial charge is 0.361 e. The van der Waals surface area contributed by atoms with E-state index < -0.39 is 10.0 Å².